The maximum Gasteiger partial charge on any atom is 0.191 e. The monoisotopic (exact) mass is 466 g/mol. The Morgan fingerprint density at radius 1 is 1.12 bits per heavy atom. The van der Waals surface area contributed by atoms with Gasteiger partial charge in [0.05, 0.1) is 12.1 Å². The first-order chi connectivity index (χ1) is 11.9. The van der Waals surface area contributed by atoms with Crippen LogP contribution < -0.4 is 10.6 Å². The number of fused-ring (bicyclic) bond motifs is 1. The molecule has 0 bridgehead atoms. The summed E-state index contributed by atoms with van der Waals surface area (Å²) in [4.78, 5) is 10.5. The van der Waals surface area contributed by atoms with E-state index in [-0.39, 0.29) is 24.0 Å². The number of aliphatic imine (C=N–C) groups is 1. The van der Waals surface area contributed by atoms with E-state index in [1.165, 1.54) is 10.4 Å². The molecule has 4 nitrogen and oxygen atoms in total. The molecule has 0 saturated carbocycles. The minimum absolute atomic E-state index is 0. The highest BCUT2D eigenvalue weighted by atomic mass is 127. The third-order valence-electron chi connectivity index (χ3n) is 3.74. The van der Waals surface area contributed by atoms with E-state index in [0.717, 1.165) is 36.4 Å². The van der Waals surface area contributed by atoms with Crippen molar-refractivity contribution >= 4 is 52.2 Å². The van der Waals surface area contributed by atoms with Crippen LogP contribution >= 0.6 is 35.3 Å². The third-order valence-corrected chi connectivity index (χ3v) is 4.67. The third kappa shape index (κ3) is 5.67. The van der Waals surface area contributed by atoms with Gasteiger partial charge in [0.1, 0.15) is 0 Å². The molecule has 6 heteroatoms. The first-order valence-corrected chi connectivity index (χ1v) is 9.12. The number of halogens is 1. The van der Waals surface area contributed by atoms with Gasteiger partial charge in [-0.05, 0) is 42.5 Å². The molecule has 0 unspecified atom stereocenters. The Kier molecular flexibility index (Phi) is 8.14. The maximum absolute atomic E-state index is 4.72. The molecule has 0 aliphatic rings. The molecule has 3 rings (SSSR count). The van der Waals surface area contributed by atoms with Gasteiger partial charge in [-0.3, -0.25) is 4.98 Å². The van der Waals surface area contributed by atoms with Gasteiger partial charge in [-0.1, -0.05) is 24.3 Å². The van der Waals surface area contributed by atoms with Crippen LogP contribution in [0.2, 0.25) is 0 Å². The molecule has 0 fully saturated rings. The summed E-state index contributed by atoms with van der Waals surface area (Å²) >= 11 is 1.79. The molecular weight excluding hydrogens is 443 g/mol. The lowest BCUT2D eigenvalue weighted by Crippen LogP contribution is -2.38. The van der Waals surface area contributed by atoms with E-state index in [9.17, 15) is 0 Å². The Hall–Kier alpha value is -1.67. The minimum atomic E-state index is 0. The highest BCUT2D eigenvalue weighted by Crippen LogP contribution is 2.16. The summed E-state index contributed by atoms with van der Waals surface area (Å²) in [7, 11) is 0. The second-order valence-corrected chi connectivity index (χ2v) is 6.47. The summed E-state index contributed by atoms with van der Waals surface area (Å²) < 4.78 is 0. The van der Waals surface area contributed by atoms with Crippen LogP contribution in [-0.4, -0.2) is 24.0 Å². The van der Waals surface area contributed by atoms with E-state index >= 15 is 0 Å². The average molecular weight is 466 g/mol. The summed E-state index contributed by atoms with van der Waals surface area (Å²) in [5.74, 6) is 0.856. The van der Waals surface area contributed by atoms with Crippen molar-refractivity contribution in [2.45, 2.75) is 19.9 Å². The Morgan fingerprint density at radius 3 is 2.80 bits per heavy atom. The lowest BCUT2D eigenvalue weighted by Gasteiger charge is -2.11. The lowest BCUT2D eigenvalue weighted by molar-refractivity contribution is 0.805. The molecule has 0 aliphatic heterocycles. The number of aromatic nitrogens is 1. The second kappa shape index (κ2) is 10.4. The number of nitrogens with one attached hydrogen (secondary N) is 2. The van der Waals surface area contributed by atoms with Gasteiger partial charge >= 0.3 is 0 Å². The summed E-state index contributed by atoms with van der Waals surface area (Å²) in [6.07, 6.45) is 2.87. The number of pyridine rings is 1. The molecule has 0 radical (unpaired) electrons. The zero-order valence-corrected chi connectivity index (χ0v) is 17.4. The topological polar surface area (TPSA) is 49.3 Å². The predicted molar refractivity (Wildman–Crippen MR) is 118 cm³/mol. The van der Waals surface area contributed by atoms with Crippen molar-refractivity contribution in [2.24, 2.45) is 4.99 Å². The van der Waals surface area contributed by atoms with Crippen LogP contribution in [0.1, 0.15) is 17.4 Å². The Balaban J connectivity index is 0.00000225. The smallest absolute Gasteiger partial charge is 0.191 e. The number of benzene rings is 1. The molecule has 2 N–H and O–H groups in total. The average Bonchev–Trinajstić information content (AvgIpc) is 3.13. The summed E-state index contributed by atoms with van der Waals surface area (Å²) in [5, 5.41) is 9.99. The minimum Gasteiger partial charge on any atom is -0.357 e. The summed E-state index contributed by atoms with van der Waals surface area (Å²) in [6.45, 7) is 4.45. The quantitative estimate of drug-likeness (QED) is 0.325. The Labute approximate surface area is 169 Å². The largest absolute Gasteiger partial charge is 0.357 e. The van der Waals surface area contributed by atoms with Gasteiger partial charge in [0.2, 0.25) is 0 Å². The maximum atomic E-state index is 4.72. The molecule has 132 valence electrons. The molecule has 25 heavy (non-hydrogen) atoms. The first-order valence-electron chi connectivity index (χ1n) is 8.24. The highest BCUT2D eigenvalue weighted by Gasteiger charge is 2.02. The van der Waals surface area contributed by atoms with Gasteiger partial charge in [0.25, 0.3) is 0 Å². The number of thiophene rings is 1. The zero-order valence-electron chi connectivity index (χ0n) is 14.2. The number of nitrogens with zero attached hydrogens (tertiary/aromatic N) is 2. The molecule has 0 atom stereocenters. The van der Waals surface area contributed by atoms with Gasteiger partial charge in [0, 0.05) is 29.5 Å². The van der Waals surface area contributed by atoms with Crippen LogP contribution in [0.4, 0.5) is 0 Å². The van der Waals surface area contributed by atoms with Crippen molar-refractivity contribution in [2.75, 3.05) is 13.1 Å². The van der Waals surface area contributed by atoms with Gasteiger partial charge in [-0.25, -0.2) is 4.99 Å². The van der Waals surface area contributed by atoms with Crippen molar-refractivity contribution < 1.29 is 0 Å². The van der Waals surface area contributed by atoms with Crippen LogP contribution in [0.5, 0.6) is 0 Å². The van der Waals surface area contributed by atoms with Crippen LogP contribution in [0.3, 0.4) is 0 Å². The Bertz CT molecular complexity index is 797. The van der Waals surface area contributed by atoms with Crippen molar-refractivity contribution in [1.29, 1.82) is 0 Å². The fourth-order valence-electron chi connectivity index (χ4n) is 2.56. The number of para-hydroxylation sites is 1. The fraction of sp³-hybridized carbons (Fsp3) is 0.263. The second-order valence-electron chi connectivity index (χ2n) is 5.44. The molecule has 0 aliphatic carbocycles. The fourth-order valence-corrected chi connectivity index (χ4v) is 3.27. The van der Waals surface area contributed by atoms with Gasteiger partial charge in [-0.15, -0.1) is 35.3 Å². The van der Waals surface area contributed by atoms with Crippen LogP contribution in [-0.2, 0) is 13.0 Å². The SMILES string of the molecule is CCNC(=NCc1ccnc2ccccc12)NCCc1cccs1.I. The van der Waals surface area contributed by atoms with Crippen molar-refractivity contribution in [3.63, 3.8) is 0 Å². The van der Waals surface area contributed by atoms with E-state index in [1.54, 1.807) is 11.3 Å². The zero-order chi connectivity index (χ0) is 16.6. The summed E-state index contributed by atoms with van der Waals surface area (Å²) in [5.41, 5.74) is 2.21. The summed E-state index contributed by atoms with van der Waals surface area (Å²) in [6, 6.07) is 14.5. The van der Waals surface area contributed by atoms with Crippen molar-refractivity contribution in [3.05, 3.63) is 64.5 Å². The molecule has 1 aromatic carbocycles. The van der Waals surface area contributed by atoms with E-state index in [0.29, 0.717) is 6.54 Å². The molecule has 0 amide bonds. The lowest BCUT2D eigenvalue weighted by atomic mass is 10.1. The van der Waals surface area contributed by atoms with E-state index in [2.05, 4.69) is 46.1 Å². The van der Waals surface area contributed by atoms with Gasteiger partial charge in [-0.2, -0.15) is 0 Å². The van der Waals surface area contributed by atoms with Crippen molar-refractivity contribution in [3.8, 4) is 0 Å². The van der Waals surface area contributed by atoms with Crippen LogP contribution in [0, 0.1) is 0 Å². The van der Waals surface area contributed by atoms with Crippen LogP contribution in [0.25, 0.3) is 10.9 Å². The molecule has 0 saturated heterocycles. The molecule has 3 aromatic rings. The predicted octanol–water partition coefficient (Wildman–Crippen LogP) is 4.21. The van der Waals surface area contributed by atoms with E-state index in [1.807, 2.05) is 30.5 Å². The number of hydrogen-bond donors (Lipinski definition) is 2. The van der Waals surface area contributed by atoms with Gasteiger partial charge < -0.3 is 10.6 Å². The number of hydrogen-bond acceptors (Lipinski definition) is 3. The van der Waals surface area contributed by atoms with E-state index < -0.39 is 0 Å². The molecule has 2 aromatic heterocycles. The highest BCUT2D eigenvalue weighted by molar-refractivity contribution is 14.0. The van der Waals surface area contributed by atoms with Gasteiger partial charge in [0.15, 0.2) is 5.96 Å². The standard InChI is InChI=1S/C19H22N4S.HI/c1-2-20-19(22-12-10-16-6-5-13-24-16)23-14-15-9-11-21-18-8-4-3-7-17(15)18;/h3-9,11,13H,2,10,12,14H2,1H3,(H2,20,22,23);1H. The van der Waals surface area contributed by atoms with E-state index in [4.69, 9.17) is 4.99 Å². The Morgan fingerprint density at radius 2 is 2.00 bits per heavy atom. The van der Waals surface area contributed by atoms with Crippen LogP contribution in [0.15, 0.2) is 59.0 Å². The number of guanidine groups is 1. The number of rotatable bonds is 6. The normalized spacial score (nSPS) is 11.2. The molecular formula is C19H23IN4S. The first kappa shape index (κ1) is 19.7. The molecule has 2 heterocycles. The molecule has 0 spiro atoms. The van der Waals surface area contributed by atoms with Crippen molar-refractivity contribution in [1.82, 2.24) is 15.6 Å².